The molecule has 7 heteroatoms. The Labute approximate surface area is 137 Å². The molecule has 0 radical (unpaired) electrons. The van der Waals surface area contributed by atoms with Gasteiger partial charge in [0.15, 0.2) is 0 Å². The Morgan fingerprint density at radius 3 is 2.39 bits per heavy atom. The van der Waals surface area contributed by atoms with Crippen molar-refractivity contribution < 1.29 is 26.3 Å². The quantitative estimate of drug-likeness (QED) is 0.507. The third kappa shape index (κ3) is 7.92. The van der Waals surface area contributed by atoms with Crippen LogP contribution in [0, 0.1) is 0 Å². The fraction of sp³-hybridized carbons (Fsp3) is 0.438. The van der Waals surface area contributed by atoms with Gasteiger partial charge in [-0.1, -0.05) is 36.9 Å². The molecule has 0 spiro atoms. The van der Waals surface area contributed by atoms with Gasteiger partial charge in [0.1, 0.15) is 0 Å². The molecule has 0 amide bonds. The maximum absolute atomic E-state index is 11.9. The third-order valence-electron chi connectivity index (χ3n) is 2.83. The summed E-state index contributed by atoms with van der Waals surface area (Å²) in [6.07, 6.45) is 0.194. The summed E-state index contributed by atoms with van der Waals surface area (Å²) in [5, 5.41) is 0. The van der Waals surface area contributed by atoms with Crippen LogP contribution in [0.5, 0.6) is 0 Å². The van der Waals surface area contributed by atoms with Crippen LogP contribution in [0.15, 0.2) is 42.5 Å². The number of benzene rings is 1. The fourth-order valence-electron chi connectivity index (χ4n) is 1.57. The maximum atomic E-state index is 11.9. The molecule has 0 bridgehead atoms. The average molecular weight is 342 g/mol. The van der Waals surface area contributed by atoms with Gasteiger partial charge in [0.05, 0.1) is 18.8 Å². The van der Waals surface area contributed by atoms with Crippen molar-refractivity contribution in [1.82, 2.24) is 0 Å². The lowest BCUT2D eigenvalue weighted by Crippen LogP contribution is -2.31. The van der Waals surface area contributed by atoms with E-state index >= 15 is 0 Å². The lowest BCUT2D eigenvalue weighted by atomic mass is 10.1. The van der Waals surface area contributed by atoms with Crippen LogP contribution in [0.25, 0.3) is 0 Å². The summed E-state index contributed by atoms with van der Waals surface area (Å²) in [5.41, 5.74) is -0.0689. The molecule has 1 aromatic carbocycles. The van der Waals surface area contributed by atoms with Gasteiger partial charge >= 0.3 is 16.4 Å². The lowest BCUT2D eigenvalue weighted by Gasteiger charge is -2.23. The topological polar surface area (TPSA) is 78.9 Å². The zero-order chi connectivity index (χ0) is 17.5. The molecule has 0 aromatic heterocycles. The minimum Gasteiger partial charge on any atom is -0.462 e. The molecule has 128 valence electrons. The van der Waals surface area contributed by atoms with Gasteiger partial charge in [-0.15, -0.1) is 0 Å². The monoisotopic (exact) mass is 342 g/mol. The van der Waals surface area contributed by atoms with E-state index in [1.165, 1.54) is 6.92 Å². The van der Waals surface area contributed by atoms with E-state index in [0.29, 0.717) is 5.56 Å². The molecule has 0 heterocycles. The first-order valence-corrected chi connectivity index (χ1v) is 8.41. The van der Waals surface area contributed by atoms with Crippen molar-refractivity contribution in [3.05, 3.63) is 48.0 Å². The van der Waals surface area contributed by atoms with Crippen molar-refractivity contribution in [2.75, 3.05) is 6.61 Å². The minimum atomic E-state index is -4.16. The molecular weight excluding hydrogens is 320 g/mol. The second-order valence-corrected chi connectivity index (χ2v) is 6.88. The van der Waals surface area contributed by atoms with Crippen molar-refractivity contribution in [2.24, 2.45) is 0 Å². The van der Waals surface area contributed by atoms with Crippen LogP contribution in [0.4, 0.5) is 0 Å². The Balaban J connectivity index is 2.47. The molecule has 0 atom stereocenters. The Hall–Kier alpha value is -1.70. The number of ether oxygens (including phenoxy) is 1. The smallest absolute Gasteiger partial charge is 0.400 e. The van der Waals surface area contributed by atoms with Crippen LogP contribution in [0.2, 0.25) is 0 Å². The number of carbonyl (C=O) groups excluding carboxylic acids is 1. The first-order valence-electron chi connectivity index (χ1n) is 7.08. The average Bonchev–Trinajstić information content (AvgIpc) is 2.45. The highest BCUT2D eigenvalue weighted by molar-refractivity contribution is 7.81. The van der Waals surface area contributed by atoms with Crippen LogP contribution in [0.3, 0.4) is 0 Å². The molecule has 0 aliphatic heterocycles. The molecule has 0 N–H and O–H groups in total. The summed E-state index contributed by atoms with van der Waals surface area (Å²) in [5.74, 6) is -0.524. The van der Waals surface area contributed by atoms with Gasteiger partial charge in [0, 0.05) is 12.0 Å². The molecule has 1 rings (SSSR count). The van der Waals surface area contributed by atoms with Crippen LogP contribution in [0.1, 0.15) is 32.8 Å². The van der Waals surface area contributed by atoms with Crippen molar-refractivity contribution in [2.45, 2.75) is 39.4 Å². The molecule has 23 heavy (non-hydrogen) atoms. The van der Waals surface area contributed by atoms with E-state index in [2.05, 4.69) is 6.58 Å². The molecule has 1 aromatic rings. The van der Waals surface area contributed by atoms with Crippen molar-refractivity contribution in [1.29, 1.82) is 0 Å². The summed E-state index contributed by atoms with van der Waals surface area (Å²) >= 11 is 0. The predicted molar refractivity (Wildman–Crippen MR) is 85.7 cm³/mol. The molecule has 0 aliphatic rings. The van der Waals surface area contributed by atoms with Gasteiger partial charge in [-0.05, 0) is 26.3 Å². The number of rotatable bonds is 9. The third-order valence-corrected chi connectivity index (χ3v) is 3.89. The molecule has 0 saturated carbocycles. The van der Waals surface area contributed by atoms with E-state index in [-0.39, 0.29) is 25.2 Å². The maximum Gasteiger partial charge on any atom is 0.400 e. The first kappa shape index (κ1) is 19.3. The van der Waals surface area contributed by atoms with Crippen LogP contribution in [-0.4, -0.2) is 26.6 Å². The van der Waals surface area contributed by atoms with Crippen LogP contribution < -0.4 is 0 Å². The molecule has 0 saturated heterocycles. The van der Waals surface area contributed by atoms with E-state index < -0.39 is 22.0 Å². The van der Waals surface area contributed by atoms with E-state index in [1.807, 2.05) is 6.07 Å². The minimum absolute atomic E-state index is 0.0207. The first-order chi connectivity index (χ1) is 10.6. The van der Waals surface area contributed by atoms with Crippen LogP contribution in [-0.2, 0) is 34.9 Å². The molecule has 0 aliphatic carbocycles. The zero-order valence-electron chi connectivity index (χ0n) is 13.6. The van der Waals surface area contributed by atoms with Crippen molar-refractivity contribution in [3.8, 4) is 0 Å². The van der Waals surface area contributed by atoms with E-state index in [0.717, 1.165) is 0 Å². The summed E-state index contributed by atoms with van der Waals surface area (Å²) in [4.78, 5) is 11.3. The van der Waals surface area contributed by atoms with Crippen LogP contribution >= 0.6 is 0 Å². The standard InChI is InChI=1S/C16H22O6S/c1-13(2)15(17)20-11-10-16(3,4)22-23(18,19)21-12-14-8-6-5-7-9-14/h5-9H,1,10-12H2,2-4H3. The van der Waals surface area contributed by atoms with E-state index in [9.17, 15) is 13.2 Å². The lowest BCUT2D eigenvalue weighted by molar-refractivity contribution is -0.139. The Kier molecular flexibility index (Phi) is 6.93. The summed E-state index contributed by atoms with van der Waals surface area (Å²) in [6.45, 7) is 8.06. The van der Waals surface area contributed by atoms with Gasteiger partial charge in [-0.2, -0.15) is 8.42 Å². The summed E-state index contributed by atoms with van der Waals surface area (Å²) in [7, 11) is -4.16. The Bertz CT molecular complexity index is 634. The van der Waals surface area contributed by atoms with E-state index in [4.69, 9.17) is 13.1 Å². The van der Waals surface area contributed by atoms with Gasteiger partial charge in [0.2, 0.25) is 0 Å². The van der Waals surface area contributed by atoms with E-state index in [1.54, 1.807) is 38.1 Å². The highest BCUT2D eigenvalue weighted by Gasteiger charge is 2.28. The summed E-state index contributed by atoms with van der Waals surface area (Å²) in [6, 6.07) is 8.89. The predicted octanol–water partition coefficient (Wildman–Crippen LogP) is 2.75. The Morgan fingerprint density at radius 1 is 1.22 bits per heavy atom. The number of hydrogen-bond acceptors (Lipinski definition) is 6. The summed E-state index contributed by atoms with van der Waals surface area (Å²) < 4.78 is 38.5. The zero-order valence-corrected chi connectivity index (χ0v) is 14.4. The second kappa shape index (κ2) is 8.24. The highest BCUT2D eigenvalue weighted by Crippen LogP contribution is 2.19. The molecule has 0 fully saturated rings. The number of hydrogen-bond donors (Lipinski definition) is 0. The Morgan fingerprint density at radius 2 is 1.83 bits per heavy atom. The van der Waals surface area contributed by atoms with Gasteiger partial charge < -0.3 is 4.74 Å². The largest absolute Gasteiger partial charge is 0.462 e. The van der Waals surface area contributed by atoms with Crippen molar-refractivity contribution >= 4 is 16.4 Å². The normalized spacial score (nSPS) is 12.0. The second-order valence-electron chi connectivity index (χ2n) is 5.67. The molecular formula is C16H22O6S. The molecule has 0 unspecified atom stereocenters. The number of carbonyl (C=O) groups is 1. The fourth-order valence-corrected chi connectivity index (χ4v) is 2.53. The highest BCUT2D eigenvalue weighted by atomic mass is 32.3. The SMILES string of the molecule is C=C(C)C(=O)OCCC(C)(C)OS(=O)(=O)OCc1ccccc1. The van der Waals surface area contributed by atoms with Gasteiger partial charge in [-0.25, -0.2) is 13.2 Å². The van der Waals surface area contributed by atoms with Gasteiger partial charge in [0.25, 0.3) is 0 Å². The van der Waals surface area contributed by atoms with Crippen molar-refractivity contribution in [3.63, 3.8) is 0 Å². The van der Waals surface area contributed by atoms with Gasteiger partial charge in [-0.3, -0.25) is 0 Å². The number of esters is 1. The molecule has 6 nitrogen and oxygen atoms in total.